The number of amides is 2. The minimum atomic E-state index is -1.14. The van der Waals surface area contributed by atoms with Crippen molar-refractivity contribution in [3.05, 3.63) is 76.8 Å². The highest BCUT2D eigenvalue weighted by Gasteiger charge is 2.35. The molecule has 2 amide bonds. The van der Waals surface area contributed by atoms with E-state index >= 15 is 0 Å². The summed E-state index contributed by atoms with van der Waals surface area (Å²) in [7, 11) is 0. The van der Waals surface area contributed by atoms with Crippen molar-refractivity contribution in [3.63, 3.8) is 0 Å². The number of nitrogens with zero attached hydrogens (tertiary/aromatic N) is 3. The maximum absolute atomic E-state index is 14.1. The number of carbonyl (C=O) groups is 2. The van der Waals surface area contributed by atoms with Gasteiger partial charge in [-0.1, -0.05) is 35.5 Å². The molecule has 1 saturated carbocycles. The quantitative estimate of drug-likeness (QED) is 0.619. The largest absolute Gasteiger partial charge is 0.351 e. The van der Waals surface area contributed by atoms with Crippen molar-refractivity contribution in [2.75, 3.05) is 4.90 Å². The van der Waals surface area contributed by atoms with Gasteiger partial charge in [-0.05, 0) is 60.3 Å². The van der Waals surface area contributed by atoms with Crippen LogP contribution in [0.3, 0.4) is 0 Å². The number of carbonyl (C=O) groups excluding carboxylic acids is 2. The fourth-order valence-electron chi connectivity index (χ4n) is 3.80. The molecular weight excluding hydrogens is 422 g/mol. The molecule has 1 N–H and O–H groups in total. The van der Waals surface area contributed by atoms with Crippen molar-refractivity contribution < 1.29 is 18.4 Å². The molecule has 0 aliphatic heterocycles. The Balaban J connectivity index is 1.80. The average molecular weight is 442 g/mol. The van der Waals surface area contributed by atoms with Crippen molar-refractivity contribution in [3.8, 4) is 0 Å². The second-order valence-corrected chi connectivity index (χ2v) is 8.00. The summed E-state index contributed by atoms with van der Waals surface area (Å²) in [5.74, 6) is -2.04. The van der Waals surface area contributed by atoms with E-state index in [9.17, 15) is 18.4 Å². The van der Waals surface area contributed by atoms with Gasteiger partial charge in [-0.25, -0.2) is 8.78 Å². The number of aromatic nitrogens is 2. The Labute approximate surface area is 182 Å². The van der Waals surface area contributed by atoms with Crippen molar-refractivity contribution in [2.24, 2.45) is 0 Å². The molecule has 1 atom stereocenters. The molecule has 1 fully saturated rings. The second-order valence-electron chi connectivity index (χ2n) is 7.39. The van der Waals surface area contributed by atoms with Crippen LogP contribution in [0, 0.1) is 11.6 Å². The number of hydrogen-bond acceptors (Lipinski definition) is 5. The van der Waals surface area contributed by atoms with E-state index in [4.69, 9.17) is 0 Å². The molecule has 6 nitrogen and oxygen atoms in total. The minimum absolute atomic E-state index is 0.000786. The molecule has 1 aromatic heterocycles. The standard InChI is InChI=1S/C22H20F2N4O2S/c23-15-10-8-14(9-11-15)20(21(29)25-17-5-1-2-6-17)28(18-7-3-4-16(24)12-18)22(30)19-13-31-27-26-19/h3-4,7-13,17,20H,1-2,5-6H2,(H,25,29)/t20-/m1/s1. The summed E-state index contributed by atoms with van der Waals surface area (Å²) in [6, 6.07) is 9.64. The average Bonchev–Trinajstić information content (AvgIpc) is 3.46. The van der Waals surface area contributed by atoms with Crippen LogP contribution < -0.4 is 10.2 Å². The molecule has 3 aromatic rings. The third kappa shape index (κ3) is 4.77. The highest BCUT2D eigenvalue weighted by molar-refractivity contribution is 7.03. The Hall–Kier alpha value is -3.20. The molecule has 1 aliphatic carbocycles. The van der Waals surface area contributed by atoms with Crippen LogP contribution in [-0.2, 0) is 4.79 Å². The number of nitrogens with one attached hydrogen (secondary N) is 1. The number of anilines is 1. The fourth-order valence-corrected chi connectivity index (χ4v) is 4.23. The summed E-state index contributed by atoms with van der Waals surface area (Å²) in [6.07, 6.45) is 3.74. The third-order valence-electron chi connectivity index (χ3n) is 5.28. The van der Waals surface area contributed by atoms with Gasteiger partial charge >= 0.3 is 0 Å². The molecule has 0 spiro atoms. The van der Waals surface area contributed by atoms with Crippen molar-refractivity contribution in [1.29, 1.82) is 0 Å². The summed E-state index contributed by atoms with van der Waals surface area (Å²) in [5, 5.41) is 8.30. The maximum atomic E-state index is 14.1. The number of hydrogen-bond donors (Lipinski definition) is 1. The molecule has 0 radical (unpaired) electrons. The number of benzene rings is 2. The third-order valence-corrected chi connectivity index (χ3v) is 5.78. The highest BCUT2D eigenvalue weighted by Crippen LogP contribution is 2.31. The molecule has 160 valence electrons. The van der Waals surface area contributed by atoms with Gasteiger partial charge in [0.15, 0.2) is 5.69 Å². The minimum Gasteiger partial charge on any atom is -0.351 e. The molecule has 1 aliphatic rings. The van der Waals surface area contributed by atoms with Gasteiger partial charge in [0, 0.05) is 17.1 Å². The zero-order valence-electron chi connectivity index (χ0n) is 16.5. The zero-order chi connectivity index (χ0) is 21.8. The van der Waals surface area contributed by atoms with Crippen molar-refractivity contribution in [1.82, 2.24) is 14.9 Å². The molecule has 0 saturated heterocycles. The predicted octanol–water partition coefficient (Wildman–Crippen LogP) is 4.26. The summed E-state index contributed by atoms with van der Waals surface area (Å²) in [6.45, 7) is 0. The fraction of sp³-hybridized carbons (Fsp3) is 0.273. The maximum Gasteiger partial charge on any atom is 0.280 e. The first kappa shape index (κ1) is 21.0. The van der Waals surface area contributed by atoms with Gasteiger partial charge in [0.05, 0.1) is 0 Å². The zero-order valence-corrected chi connectivity index (χ0v) is 17.3. The van der Waals surface area contributed by atoms with E-state index < -0.39 is 29.5 Å². The Morgan fingerprint density at radius 1 is 1.06 bits per heavy atom. The lowest BCUT2D eigenvalue weighted by atomic mass is 10.0. The first-order chi connectivity index (χ1) is 15.0. The second kappa shape index (κ2) is 9.30. The first-order valence-corrected chi connectivity index (χ1v) is 10.8. The van der Waals surface area contributed by atoms with Gasteiger partial charge < -0.3 is 5.32 Å². The van der Waals surface area contributed by atoms with Crippen molar-refractivity contribution >= 4 is 29.0 Å². The lowest BCUT2D eigenvalue weighted by molar-refractivity contribution is -0.123. The van der Waals surface area contributed by atoms with E-state index in [2.05, 4.69) is 14.9 Å². The van der Waals surface area contributed by atoms with Crippen LogP contribution in [0.1, 0.15) is 47.8 Å². The number of rotatable bonds is 6. The van der Waals surface area contributed by atoms with Crippen LogP contribution in [0.25, 0.3) is 0 Å². The van der Waals surface area contributed by atoms with E-state index in [1.807, 2.05) is 0 Å². The van der Waals surface area contributed by atoms with E-state index in [1.165, 1.54) is 52.7 Å². The molecule has 4 rings (SSSR count). The smallest absolute Gasteiger partial charge is 0.280 e. The van der Waals surface area contributed by atoms with Gasteiger partial charge in [0.1, 0.15) is 17.7 Å². The van der Waals surface area contributed by atoms with E-state index in [-0.39, 0.29) is 17.4 Å². The summed E-state index contributed by atoms with van der Waals surface area (Å²) in [5.41, 5.74) is 0.627. The SMILES string of the molecule is O=C(NC1CCCC1)[C@@H](c1ccc(F)cc1)N(C(=O)c1csnn1)c1cccc(F)c1. The van der Waals surface area contributed by atoms with Crippen LogP contribution >= 0.6 is 11.5 Å². The van der Waals surface area contributed by atoms with Crippen LogP contribution in [0.5, 0.6) is 0 Å². The van der Waals surface area contributed by atoms with Gasteiger partial charge in [0.2, 0.25) is 5.91 Å². The molecule has 0 unspecified atom stereocenters. The van der Waals surface area contributed by atoms with Crippen LogP contribution in [0.15, 0.2) is 53.9 Å². The Morgan fingerprint density at radius 3 is 2.45 bits per heavy atom. The lowest BCUT2D eigenvalue weighted by Gasteiger charge is -2.31. The van der Waals surface area contributed by atoms with Gasteiger partial charge in [-0.2, -0.15) is 0 Å². The topological polar surface area (TPSA) is 75.2 Å². The Morgan fingerprint density at radius 2 is 1.81 bits per heavy atom. The summed E-state index contributed by atoms with van der Waals surface area (Å²) >= 11 is 0.995. The van der Waals surface area contributed by atoms with Gasteiger partial charge in [-0.3, -0.25) is 14.5 Å². The van der Waals surface area contributed by atoms with Crippen molar-refractivity contribution in [2.45, 2.75) is 37.8 Å². The van der Waals surface area contributed by atoms with Crippen LogP contribution in [-0.4, -0.2) is 27.4 Å². The molecule has 0 bridgehead atoms. The normalized spacial score (nSPS) is 14.9. The first-order valence-electron chi connectivity index (χ1n) is 9.95. The van der Waals surface area contributed by atoms with E-state index in [1.54, 1.807) is 6.07 Å². The predicted molar refractivity (Wildman–Crippen MR) is 113 cm³/mol. The van der Waals surface area contributed by atoms with Gasteiger partial charge in [-0.15, -0.1) is 5.10 Å². The Bertz CT molecular complexity index is 1050. The van der Waals surface area contributed by atoms with Crippen LogP contribution in [0.2, 0.25) is 0 Å². The summed E-state index contributed by atoms with van der Waals surface area (Å²) < 4.78 is 31.4. The van der Waals surface area contributed by atoms with Crippen LogP contribution in [0.4, 0.5) is 14.5 Å². The molecule has 31 heavy (non-hydrogen) atoms. The summed E-state index contributed by atoms with van der Waals surface area (Å²) in [4.78, 5) is 28.0. The van der Waals surface area contributed by atoms with Gasteiger partial charge in [0.25, 0.3) is 5.91 Å². The molecule has 1 heterocycles. The molecular formula is C22H20F2N4O2S. The highest BCUT2D eigenvalue weighted by atomic mass is 32.1. The molecule has 9 heteroatoms. The molecule has 2 aromatic carbocycles. The van der Waals surface area contributed by atoms with E-state index in [0.29, 0.717) is 5.56 Å². The Kier molecular flexibility index (Phi) is 6.31. The number of halogens is 2. The lowest BCUT2D eigenvalue weighted by Crippen LogP contribution is -2.46. The monoisotopic (exact) mass is 442 g/mol. The van der Waals surface area contributed by atoms with E-state index in [0.717, 1.165) is 37.2 Å².